The Morgan fingerprint density at radius 3 is 2.73 bits per heavy atom. The molecule has 1 aromatic heterocycles. The van der Waals surface area contributed by atoms with Crippen molar-refractivity contribution in [1.29, 1.82) is 0 Å². The maximum absolute atomic E-state index is 11.2. The summed E-state index contributed by atoms with van der Waals surface area (Å²) in [6.45, 7) is 7.14. The number of aryl methyl sites for hydroxylation is 2. The Labute approximate surface area is 89.3 Å². The van der Waals surface area contributed by atoms with Gasteiger partial charge in [-0.25, -0.2) is 4.98 Å². The molecule has 0 saturated heterocycles. The summed E-state index contributed by atoms with van der Waals surface area (Å²) in [5.74, 6) is 1.30. The Hall–Kier alpha value is -1.36. The number of carbonyl (C=O) groups excluding carboxylic acids is 1. The molecule has 0 aliphatic rings. The van der Waals surface area contributed by atoms with E-state index in [4.69, 9.17) is 4.42 Å². The molecule has 0 atom stereocenters. The van der Waals surface area contributed by atoms with Crippen LogP contribution in [-0.2, 0) is 11.3 Å². The van der Waals surface area contributed by atoms with Crippen molar-refractivity contribution in [3.63, 3.8) is 0 Å². The largest absolute Gasteiger partial charge is 0.444 e. The van der Waals surface area contributed by atoms with Gasteiger partial charge < -0.3 is 15.1 Å². The minimum Gasteiger partial charge on any atom is -0.444 e. The highest BCUT2D eigenvalue weighted by Crippen LogP contribution is 2.07. The van der Waals surface area contributed by atoms with Crippen molar-refractivity contribution in [2.45, 2.75) is 27.3 Å². The standard InChI is InChI=1S/C10H17N3O2/c1-4-11-5-9(14)12-6-10-13-7(2)8(3)15-10/h11H,4-6H2,1-3H3,(H,12,14). The lowest BCUT2D eigenvalue weighted by Crippen LogP contribution is -2.33. The minimum atomic E-state index is -0.0506. The van der Waals surface area contributed by atoms with Gasteiger partial charge in [-0.1, -0.05) is 6.92 Å². The van der Waals surface area contributed by atoms with Crippen molar-refractivity contribution in [2.75, 3.05) is 13.1 Å². The first-order valence-electron chi connectivity index (χ1n) is 5.03. The average molecular weight is 211 g/mol. The van der Waals surface area contributed by atoms with E-state index < -0.39 is 0 Å². The highest BCUT2D eigenvalue weighted by molar-refractivity contribution is 5.77. The molecule has 5 heteroatoms. The molecule has 1 aromatic rings. The van der Waals surface area contributed by atoms with Crippen molar-refractivity contribution in [1.82, 2.24) is 15.6 Å². The van der Waals surface area contributed by atoms with Crippen molar-refractivity contribution >= 4 is 5.91 Å². The van der Waals surface area contributed by atoms with Crippen LogP contribution in [0.5, 0.6) is 0 Å². The third-order valence-corrected chi connectivity index (χ3v) is 2.05. The van der Waals surface area contributed by atoms with E-state index in [-0.39, 0.29) is 5.91 Å². The molecule has 2 N–H and O–H groups in total. The molecule has 1 heterocycles. The van der Waals surface area contributed by atoms with Gasteiger partial charge in [0.05, 0.1) is 18.8 Å². The zero-order valence-electron chi connectivity index (χ0n) is 9.39. The number of rotatable bonds is 5. The van der Waals surface area contributed by atoms with E-state index in [0.29, 0.717) is 19.0 Å². The molecule has 0 saturated carbocycles. The second-order valence-electron chi connectivity index (χ2n) is 3.31. The summed E-state index contributed by atoms with van der Waals surface area (Å²) in [7, 11) is 0. The third kappa shape index (κ3) is 3.71. The molecule has 0 unspecified atom stereocenters. The number of aromatic nitrogens is 1. The topological polar surface area (TPSA) is 67.2 Å². The van der Waals surface area contributed by atoms with Crippen LogP contribution in [0, 0.1) is 13.8 Å². The fourth-order valence-corrected chi connectivity index (χ4v) is 1.09. The molecular weight excluding hydrogens is 194 g/mol. The number of likely N-dealkylation sites (N-methyl/N-ethyl adjacent to an activating group) is 1. The normalized spacial score (nSPS) is 10.3. The van der Waals surface area contributed by atoms with Gasteiger partial charge in [0.2, 0.25) is 11.8 Å². The quantitative estimate of drug-likeness (QED) is 0.745. The van der Waals surface area contributed by atoms with E-state index in [2.05, 4.69) is 15.6 Å². The van der Waals surface area contributed by atoms with Gasteiger partial charge >= 0.3 is 0 Å². The van der Waals surface area contributed by atoms with Crippen LogP contribution < -0.4 is 10.6 Å². The van der Waals surface area contributed by atoms with Gasteiger partial charge in [0.1, 0.15) is 5.76 Å². The molecule has 0 bridgehead atoms. The van der Waals surface area contributed by atoms with Crippen LogP contribution in [-0.4, -0.2) is 24.0 Å². The van der Waals surface area contributed by atoms with Crippen LogP contribution in [0.25, 0.3) is 0 Å². The number of nitrogens with one attached hydrogen (secondary N) is 2. The lowest BCUT2D eigenvalue weighted by molar-refractivity contribution is -0.120. The lowest BCUT2D eigenvalue weighted by atomic mass is 10.4. The maximum Gasteiger partial charge on any atom is 0.234 e. The van der Waals surface area contributed by atoms with Crippen LogP contribution in [0.2, 0.25) is 0 Å². The van der Waals surface area contributed by atoms with Crippen molar-refractivity contribution in [3.05, 3.63) is 17.3 Å². The molecule has 0 radical (unpaired) electrons. The first-order chi connectivity index (χ1) is 7.13. The summed E-state index contributed by atoms with van der Waals surface area (Å²) in [5.41, 5.74) is 0.867. The van der Waals surface area contributed by atoms with E-state index in [0.717, 1.165) is 18.0 Å². The fraction of sp³-hybridized carbons (Fsp3) is 0.600. The predicted molar refractivity (Wildman–Crippen MR) is 56.4 cm³/mol. The third-order valence-electron chi connectivity index (χ3n) is 2.05. The summed E-state index contributed by atoms with van der Waals surface area (Å²) in [5, 5.41) is 5.65. The Morgan fingerprint density at radius 2 is 2.20 bits per heavy atom. The number of hydrogen-bond donors (Lipinski definition) is 2. The molecule has 1 rings (SSSR count). The Balaban J connectivity index is 2.33. The minimum absolute atomic E-state index is 0.0506. The smallest absolute Gasteiger partial charge is 0.234 e. The van der Waals surface area contributed by atoms with E-state index in [1.807, 2.05) is 20.8 Å². The summed E-state index contributed by atoms with van der Waals surface area (Å²) in [4.78, 5) is 15.4. The van der Waals surface area contributed by atoms with Gasteiger partial charge in [0.15, 0.2) is 0 Å². The first-order valence-corrected chi connectivity index (χ1v) is 5.03. The molecule has 0 aliphatic carbocycles. The van der Waals surface area contributed by atoms with Crippen LogP contribution in [0.15, 0.2) is 4.42 Å². The average Bonchev–Trinajstić information content (AvgIpc) is 2.52. The number of carbonyl (C=O) groups is 1. The van der Waals surface area contributed by atoms with Gasteiger partial charge in [-0.3, -0.25) is 4.79 Å². The molecule has 0 fully saturated rings. The second kappa shape index (κ2) is 5.50. The zero-order valence-corrected chi connectivity index (χ0v) is 9.39. The maximum atomic E-state index is 11.2. The van der Waals surface area contributed by atoms with Crippen molar-refractivity contribution in [2.24, 2.45) is 0 Å². The molecule has 0 spiro atoms. The van der Waals surface area contributed by atoms with Gasteiger partial charge in [-0.15, -0.1) is 0 Å². The van der Waals surface area contributed by atoms with Gasteiger partial charge in [0, 0.05) is 0 Å². The van der Waals surface area contributed by atoms with E-state index in [1.54, 1.807) is 0 Å². The Kier molecular flexibility index (Phi) is 4.30. The molecule has 0 aliphatic heterocycles. The highest BCUT2D eigenvalue weighted by atomic mass is 16.4. The van der Waals surface area contributed by atoms with E-state index in [9.17, 15) is 4.79 Å². The summed E-state index contributed by atoms with van der Waals surface area (Å²) in [6, 6.07) is 0. The molecule has 15 heavy (non-hydrogen) atoms. The number of amides is 1. The van der Waals surface area contributed by atoms with Gasteiger partial charge in [-0.2, -0.15) is 0 Å². The van der Waals surface area contributed by atoms with Gasteiger partial charge in [0.25, 0.3) is 0 Å². The number of oxazole rings is 1. The summed E-state index contributed by atoms with van der Waals surface area (Å²) < 4.78 is 5.32. The second-order valence-corrected chi connectivity index (χ2v) is 3.31. The van der Waals surface area contributed by atoms with Gasteiger partial charge in [-0.05, 0) is 20.4 Å². The SMILES string of the molecule is CCNCC(=O)NCc1nc(C)c(C)o1. The summed E-state index contributed by atoms with van der Waals surface area (Å²) in [6.07, 6.45) is 0. The molecule has 0 aromatic carbocycles. The van der Waals surface area contributed by atoms with Crippen LogP contribution in [0.3, 0.4) is 0 Å². The predicted octanol–water partition coefficient (Wildman–Crippen LogP) is 0.517. The number of nitrogens with zero attached hydrogens (tertiary/aromatic N) is 1. The number of hydrogen-bond acceptors (Lipinski definition) is 4. The molecule has 5 nitrogen and oxygen atoms in total. The van der Waals surface area contributed by atoms with Crippen molar-refractivity contribution in [3.8, 4) is 0 Å². The molecule has 84 valence electrons. The Bertz CT molecular complexity index is 314. The van der Waals surface area contributed by atoms with E-state index >= 15 is 0 Å². The van der Waals surface area contributed by atoms with E-state index in [1.165, 1.54) is 0 Å². The molecule has 1 amide bonds. The highest BCUT2D eigenvalue weighted by Gasteiger charge is 2.06. The summed E-state index contributed by atoms with van der Waals surface area (Å²) >= 11 is 0. The van der Waals surface area contributed by atoms with Crippen LogP contribution >= 0.6 is 0 Å². The Morgan fingerprint density at radius 1 is 1.47 bits per heavy atom. The fourth-order valence-electron chi connectivity index (χ4n) is 1.09. The first kappa shape index (κ1) is 11.7. The zero-order chi connectivity index (χ0) is 11.3. The van der Waals surface area contributed by atoms with Crippen LogP contribution in [0.1, 0.15) is 24.3 Å². The monoisotopic (exact) mass is 211 g/mol. The van der Waals surface area contributed by atoms with Crippen LogP contribution in [0.4, 0.5) is 0 Å². The van der Waals surface area contributed by atoms with Crippen molar-refractivity contribution < 1.29 is 9.21 Å². The lowest BCUT2D eigenvalue weighted by Gasteiger charge is -2.02. The molecular formula is C10H17N3O2.